The molecule has 16 heavy (non-hydrogen) atoms. The van der Waals surface area contributed by atoms with Crippen LogP contribution < -0.4 is 0 Å². The highest BCUT2D eigenvalue weighted by Crippen LogP contribution is 2.43. The fourth-order valence-electron chi connectivity index (χ4n) is 3.53. The Morgan fingerprint density at radius 2 is 2.06 bits per heavy atom. The molecule has 0 spiro atoms. The lowest BCUT2D eigenvalue weighted by Crippen LogP contribution is -2.67. The van der Waals surface area contributed by atoms with Crippen molar-refractivity contribution in [1.29, 1.82) is 0 Å². The topological polar surface area (TPSA) is 29.5 Å². The highest BCUT2D eigenvalue weighted by atomic mass is 16.7. The molecule has 2 heterocycles. The fourth-order valence-corrected chi connectivity index (χ4v) is 3.53. The molecule has 92 valence electrons. The van der Waals surface area contributed by atoms with Crippen molar-refractivity contribution in [2.45, 2.75) is 51.7 Å². The van der Waals surface area contributed by atoms with E-state index in [0.29, 0.717) is 16.7 Å². The Morgan fingerprint density at radius 1 is 1.44 bits per heavy atom. The molecule has 2 bridgehead atoms. The maximum atomic E-state index is 11.5. The molecule has 0 radical (unpaired) electrons. The number of hydrogen-bond acceptors (Lipinski definition) is 2. The zero-order chi connectivity index (χ0) is 12.1. The van der Waals surface area contributed by atoms with Crippen LogP contribution in [0.25, 0.3) is 0 Å². The number of carbonyl (C=O) groups excluding carboxylic acids is 1. The molecular weight excluding hydrogens is 204 g/mol. The summed E-state index contributed by atoms with van der Waals surface area (Å²) in [5.41, 5.74) is 0.0804. The highest BCUT2D eigenvalue weighted by Gasteiger charge is 2.61. The first-order chi connectivity index (χ1) is 7.32. The van der Waals surface area contributed by atoms with Crippen LogP contribution in [0.3, 0.4) is 0 Å². The minimum Gasteiger partial charge on any atom is -0.328 e. The molecule has 0 aromatic heterocycles. The van der Waals surface area contributed by atoms with E-state index < -0.39 is 0 Å². The first-order valence-corrected chi connectivity index (χ1v) is 6.02. The summed E-state index contributed by atoms with van der Waals surface area (Å²) in [6.45, 7) is 10.1. The van der Waals surface area contributed by atoms with Gasteiger partial charge in [-0.2, -0.15) is 4.65 Å². The van der Waals surface area contributed by atoms with Crippen LogP contribution in [-0.2, 0) is 9.63 Å². The average molecular weight is 227 g/mol. The Balaban J connectivity index is 2.23. The number of hydrogen-bond donors (Lipinski definition) is 0. The number of quaternary nitrogens is 1. The Hall–Kier alpha value is -0.610. The molecule has 4 heteroatoms. The molecule has 2 aliphatic heterocycles. The van der Waals surface area contributed by atoms with Crippen LogP contribution in [0.5, 0.6) is 0 Å². The summed E-state index contributed by atoms with van der Waals surface area (Å²) in [6.07, 6.45) is 1.09. The normalized spacial score (nSPS) is 38.2. The summed E-state index contributed by atoms with van der Waals surface area (Å²) in [5.74, 6) is 0.204. The van der Waals surface area contributed by atoms with Gasteiger partial charge in [0, 0.05) is 13.3 Å². The summed E-state index contributed by atoms with van der Waals surface area (Å²) in [5, 5.41) is 0. The smallest absolute Gasteiger partial charge is 0.220 e. The molecule has 0 aliphatic carbocycles. The molecule has 3 atom stereocenters. The fraction of sp³-hybridized carbons (Fsp3) is 0.917. The minimum atomic E-state index is 0.0804. The molecule has 0 saturated carbocycles. The molecule has 0 aromatic rings. The van der Waals surface area contributed by atoms with Gasteiger partial charge in [-0.3, -0.25) is 4.79 Å². The quantitative estimate of drug-likeness (QED) is 0.629. The van der Waals surface area contributed by atoms with Crippen LogP contribution in [0.4, 0.5) is 0 Å². The second kappa shape index (κ2) is 3.44. The van der Waals surface area contributed by atoms with E-state index in [0.717, 1.165) is 19.5 Å². The van der Waals surface area contributed by atoms with Crippen molar-refractivity contribution in [2.75, 3.05) is 20.2 Å². The van der Waals surface area contributed by atoms with Crippen molar-refractivity contribution in [3.05, 3.63) is 0 Å². The van der Waals surface area contributed by atoms with E-state index in [1.165, 1.54) is 0 Å². The van der Waals surface area contributed by atoms with Gasteiger partial charge in [0.2, 0.25) is 5.91 Å². The Labute approximate surface area is 97.7 Å². The lowest BCUT2D eigenvalue weighted by Gasteiger charge is -2.48. The number of likely N-dealkylation sites (tertiary alicyclic amines) is 2. The third kappa shape index (κ3) is 1.39. The number of rotatable bonds is 1. The summed E-state index contributed by atoms with van der Waals surface area (Å²) in [4.78, 5) is 19.3. The number of nitrogens with zero attached hydrogens (tertiary/aromatic N) is 2. The number of hydroxylamine groups is 3. The van der Waals surface area contributed by atoms with E-state index in [4.69, 9.17) is 4.84 Å². The predicted molar refractivity (Wildman–Crippen MR) is 61.5 cm³/mol. The van der Waals surface area contributed by atoms with Crippen LogP contribution in [0.1, 0.15) is 34.1 Å². The SMILES string of the molecule is CO[N+]1(C(C)(C)C)CC2CC1CN2C(C)=O. The lowest BCUT2D eigenvalue weighted by molar-refractivity contribution is -1.14. The Morgan fingerprint density at radius 3 is 2.38 bits per heavy atom. The van der Waals surface area contributed by atoms with Gasteiger partial charge in [-0.25, -0.2) is 4.84 Å². The van der Waals surface area contributed by atoms with Gasteiger partial charge in [-0.1, -0.05) is 0 Å². The largest absolute Gasteiger partial charge is 0.328 e. The average Bonchev–Trinajstić information content (AvgIpc) is 2.72. The number of carbonyl (C=O) groups is 1. The lowest BCUT2D eigenvalue weighted by atomic mass is 10.0. The van der Waals surface area contributed by atoms with Crippen molar-refractivity contribution in [2.24, 2.45) is 0 Å². The van der Waals surface area contributed by atoms with E-state index in [9.17, 15) is 4.79 Å². The van der Waals surface area contributed by atoms with E-state index in [1.54, 1.807) is 14.0 Å². The first-order valence-electron chi connectivity index (χ1n) is 6.02. The monoisotopic (exact) mass is 227 g/mol. The van der Waals surface area contributed by atoms with Gasteiger partial charge in [0.05, 0.1) is 19.7 Å². The molecule has 2 fully saturated rings. The van der Waals surface area contributed by atoms with E-state index in [1.807, 2.05) is 4.90 Å². The second-order valence-electron chi connectivity index (χ2n) is 6.05. The molecule has 1 amide bonds. The Kier molecular flexibility index (Phi) is 2.55. The van der Waals surface area contributed by atoms with E-state index in [2.05, 4.69) is 20.8 Å². The molecule has 2 saturated heterocycles. The highest BCUT2D eigenvalue weighted by molar-refractivity contribution is 5.74. The van der Waals surface area contributed by atoms with Crippen LogP contribution in [-0.4, -0.2) is 53.3 Å². The van der Waals surface area contributed by atoms with Gasteiger partial charge in [-0.15, -0.1) is 0 Å². The maximum absolute atomic E-state index is 11.5. The van der Waals surface area contributed by atoms with Crippen molar-refractivity contribution in [3.63, 3.8) is 0 Å². The van der Waals surface area contributed by atoms with Crippen LogP contribution in [0.2, 0.25) is 0 Å². The first kappa shape index (κ1) is 11.9. The number of piperazine rings is 1. The van der Waals surface area contributed by atoms with Crippen LogP contribution in [0, 0.1) is 0 Å². The third-order valence-electron chi connectivity index (χ3n) is 4.33. The van der Waals surface area contributed by atoms with Crippen molar-refractivity contribution >= 4 is 5.91 Å². The van der Waals surface area contributed by atoms with Crippen molar-refractivity contribution in [1.82, 2.24) is 4.90 Å². The summed E-state index contributed by atoms with van der Waals surface area (Å²) in [6, 6.07) is 0.820. The van der Waals surface area contributed by atoms with Gasteiger partial charge in [-0.05, 0) is 20.8 Å². The molecule has 4 nitrogen and oxygen atoms in total. The molecule has 2 rings (SSSR count). The van der Waals surface area contributed by atoms with Gasteiger partial charge < -0.3 is 4.90 Å². The molecule has 2 aliphatic rings. The van der Waals surface area contributed by atoms with Gasteiger partial charge in [0.1, 0.15) is 18.1 Å². The van der Waals surface area contributed by atoms with Gasteiger partial charge in [0.25, 0.3) is 0 Å². The number of fused-ring (bicyclic) bond motifs is 2. The van der Waals surface area contributed by atoms with E-state index in [-0.39, 0.29) is 11.4 Å². The zero-order valence-corrected chi connectivity index (χ0v) is 11.0. The molecule has 0 N–H and O–H groups in total. The molecule has 3 unspecified atom stereocenters. The summed E-state index contributed by atoms with van der Waals surface area (Å²) in [7, 11) is 1.80. The van der Waals surface area contributed by atoms with Crippen molar-refractivity contribution < 1.29 is 14.3 Å². The van der Waals surface area contributed by atoms with Crippen molar-refractivity contribution in [3.8, 4) is 0 Å². The second-order valence-corrected chi connectivity index (χ2v) is 6.05. The Bertz CT molecular complexity index is 311. The standard InChI is InChI=1S/C12H23N2O2/c1-9(15)13-7-11-6-10(13)8-14(11,16-5)12(2,3)4/h10-11H,6-8H2,1-5H3/q+1. The van der Waals surface area contributed by atoms with Gasteiger partial charge in [0.15, 0.2) is 0 Å². The summed E-state index contributed by atoms with van der Waals surface area (Å²) < 4.78 is 0.696. The van der Waals surface area contributed by atoms with Gasteiger partial charge >= 0.3 is 0 Å². The maximum Gasteiger partial charge on any atom is 0.220 e. The molecule has 0 aromatic carbocycles. The number of amides is 1. The predicted octanol–water partition coefficient (Wildman–Crippen LogP) is 1.17. The zero-order valence-electron chi connectivity index (χ0n) is 11.0. The van der Waals surface area contributed by atoms with E-state index >= 15 is 0 Å². The van der Waals surface area contributed by atoms with Crippen LogP contribution in [0.15, 0.2) is 0 Å². The van der Waals surface area contributed by atoms with Crippen LogP contribution >= 0.6 is 0 Å². The minimum absolute atomic E-state index is 0.0804. The third-order valence-corrected chi connectivity index (χ3v) is 4.33. The summed E-state index contributed by atoms with van der Waals surface area (Å²) >= 11 is 0. The molecular formula is C12H23N2O2+.